The normalized spacial score (nSPS) is 11.0. The minimum Gasteiger partial charge on any atom is -0.454 e. The van der Waals surface area contributed by atoms with Gasteiger partial charge >= 0.3 is 5.97 Å². The maximum atomic E-state index is 12.4. The van der Waals surface area contributed by atoms with Crippen molar-refractivity contribution in [2.45, 2.75) is 11.8 Å². The summed E-state index contributed by atoms with van der Waals surface area (Å²) in [7, 11) is -3.78. The number of hydrogen-bond donors (Lipinski definition) is 2. The molecule has 0 atom stereocenters. The van der Waals surface area contributed by atoms with Gasteiger partial charge in [0, 0.05) is 11.9 Å². The monoisotopic (exact) mass is 398 g/mol. The summed E-state index contributed by atoms with van der Waals surface area (Å²) in [6.45, 7) is 1.50. The number of nitrogens with one attached hydrogen (secondary N) is 2. The molecule has 0 aliphatic heterocycles. The van der Waals surface area contributed by atoms with Crippen molar-refractivity contribution in [1.29, 1.82) is 0 Å². The van der Waals surface area contributed by atoms with Gasteiger partial charge in [-0.2, -0.15) is 0 Å². The van der Waals surface area contributed by atoms with Gasteiger partial charge in [0.05, 0.1) is 16.2 Å². The number of benzene rings is 2. The molecule has 3 rings (SSSR count). The SMILES string of the molecule is Cc1ccc(NS(=O)(=O)c2ccc(C(=O)OCC(=O)c3ccc[nH]3)cc2)cc1. The summed E-state index contributed by atoms with van der Waals surface area (Å²) in [5.41, 5.74) is 1.95. The fraction of sp³-hybridized carbons (Fsp3) is 0.100. The quantitative estimate of drug-likeness (QED) is 0.470. The van der Waals surface area contributed by atoms with E-state index >= 15 is 0 Å². The number of carbonyl (C=O) groups excluding carboxylic acids is 2. The van der Waals surface area contributed by atoms with Crippen LogP contribution < -0.4 is 4.72 Å². The molecule has 28 heavy (non-hydrogen) atoms. The molecule has 0 unspecified atom stereocenters. The van der Waals surface area contributed by atoms with Crippen molar-refractivity contribution in [3.05, 3.63) is 83.7 Å². The molecule has 7 nitrogen and oxygen atoms in total. The maximum absolute atomic E-state index is 12.4. The second kappa shape index (κ2) is 8.10. The average molecular weight is 398 g/mol. The van der Waals surface area contributed by atoms with Crippen LogP contribution in [0.25, 0.3) is 0 Å². The lowest BCUT2D eigenvalue weighted by atomic mass is 10.2. The number of ether oxygens (including phenoxy) is 1. The van der Waals surface area contributed by atoms with Crippen LogP contribution in [0.2, 0.25) is 0 Å². The van der Waals surface area contributed by atoms with Gasteiger partial charge in [0.25, 0.3) is 10.0 Å². The van der Waals surface area contributed by atoms with Crippen LogP contribution in [-0.4, -0.2) is 31.8 Å². The summed E-state index contributed by atoms with van der Waals surface area (Å²) >= 11 is 0. The zero-order valence-electron chi connectivity index (χ0n) is 15.0. The predicted octanol–water partition coefficient (Wildman–Crippen LogP) is 3.16. The lowest BCUT2D eigenvalue weighted by Crippen LogP contribution is -2.15. The van der Waals surface area contributed by atoms with Crippen molar-refractivity contribution in [2.24, 2.45) is 0 Å². The van der Waals surface area contributed by atoms with Gasteiger partial charge in [-0.3, -0.25) is 9.52 Å². The number of aromatic nitrogens is 1. The molecular formula is C20H18N2O5S. The Morgan fingerprint density at radius 1 is 1.00 bits per heavy atom. The summed E-state index contributed by atoms with van der Waals surface area (Å²) < 4.78 is 32.3. The van der Waals surface area contributed by atoms with E-state index in [4.69, 9.17) is 4.74 Å². The first-order valence-corrected chi connectivity index (χ1v) is 9.87. The van der Waals surface area contributed by atoms with Crippen LogP contribution >= 0.6 is 0 Å². The molecule has 0 bridgehead atoms. The molecule has 144 valence electrons. The Morgan fingerprint density at radius 3 is 2.29 bits per heavy atom. The molecule has 0 saturated carbocycles. The fourth-order valence-electron chi connectivity index (χ4n) is 2.40. The first-order chi connectivity index (χ1) is 13.3. The molecule has 0 saturated heterocycles. The van der Waals surface area contributed by atoms with Crippen molar-refractivity contribution in [3.63, 3.8) is 0 Å². The first kappa shape index (κ1) is 19.4. The van der Waals surface area contributed by atoms with E-state index in [1.165, 1.54) is 24.3 Å². The zero-order valence-corrected chi connectivity index (χ0v) is 15.8. The lowest BCUT2D eigenvalue weighted by Gasteiger charge is -2.09. The maximum Gasteiger partial charge on any atom is 0.338 e. The number of anilines is 1. The second-order valence-electron chi connectivity index (χ2n) is 6.08. The van der Waals surface area contributed by atoms with Crippen molar-refractivity contribution >= 4 is 27.5 Å². The highest BCUT2D eigenvalue weighted by molar-refractivity contribution is 7.92. The first-order valence-electron chi connectivity index (χ1n) is 8.38. The van der Waals surface area contributed by atoms with Gasteiger partial charge in [0.1, 0.15) is 0 Å². The van der Waals surface area contributed by atoms with E-state index in [1.807, 2.05) is 6.92 Å². The number of aromatic amines is 1. The molecule has 0 aliphatic rings. The molecule has 3 aromatic rings. The van der Waals surface area contributed by atoms with Crippen LogP contribution in [0.1, 0.15) is 26.4 Å². The standard InChI is InChI=1S/C20H18N2O5S/c1-14-4-8-16(9-5-14)22-28(25,26)17-10-6-15(7-11-17)20(24)27-13-19(23)18-3-2-12-21-18/h2-12,21-22H,13H2,1H3. The topological polar surface area (TPSA) is 105 Å². The predicted molar refractivity (Wildman–Crippen MR) is 104 cm³/mol. The smallest absolute Gasteiger partial charge is 0.338 e. The van der Waals surface area contributed by atoms with Gasteiger partial charge in [0.2, 0.25) is 5.78 Å². The van der Waals surface area contributed by atoms with Gasteiger partial charge in [0.15, 0.2) is 6.61 Å². The summed E-state index contributed by atoms with van der Waals surface area (Å²) in [6.07, 6.45) is 1.60. The third-order valence-electron chi connectivity index (χ3n) is 3.94. The Labute approximate surface area is 162 Å². The number of aryl methyl sites for hydroxylation is 1. The Morgan fingerprint density at radius 2 is 1.68 bits per heavy atom. The highest BCUT2D eigenvalue weighted by Crippen LogP contribution is 2.17. The third kappa shape index (κ3) is 4.66. The molecule has 8 heteroatoms. The van der Waals surface area contributed by atoms with Gasteiger partial charge < -0.3 is 9.72 Å². The summed E-state index contributed by atoms with van der Waals surface area (Å²) in [6, 6.07) is 15.5. The van der Waals surface area contributed by atoms with E-state index in [1.54, 1.807) is 42.6 Å². The number of esters is 1. The average Bonchev–Trinajstić information content (AvgIpc) is 3.22. The molecule has 2 aromatic carbocycles. The number of Topliss-reactive ketones (excluding diaryl/α,β-unsaturated/α-hetero) is 1. The minimum atomic E-state index is -3.78. The van der Waals surface area contributed by atoms with Gasteiger partial charge in [-0.1, -0.05) is 17.7 Å². The van der Waals surface area contributed by atoms with Crippen molar-refractivity contribution in [3.8, 4) is 0 Å². The van der Waals surface area contributed by atoms with Crippen LogP contribution in [0.4, 0.5) is 5.69 Å². The fourth-order valence-corrected chi connectivity index (χ4v) is 3.46. The molecular weight excluding hydrogens is 380 g/mol. The van der Waals surface area contributed by atoms with Crippen molar-refractivity contribution < 1.29 is 22.7 Å². The molecule has 0 amide bonds. The molecule has 0 fully saturated rings. The van der Waals surface area contributed by atoms with Crippen LogP contribution in [0.5, 0.6) is 0 Å². The number of rotatable bonds is 7. The largest absolute Gasteiger partial charge is 0.454 e. The molecule has 0 radical (unpaired) electrons. The molecule has 1 heterocycles. The highest BCUT2D eigenvalue weighted by Gasteiger charge is 2.17. The van der Waals surface area contributed by atoms with Gasteiger partial charge in [-0.25, -0.2) is 13.2 Å². The Hall–Kier alpha value is -3.39. The number of ketones is 1. The molecule has 0 spiro atoms. The van der Waals surface area contributed by atoms with E-state index in [0.717, 1.165) is 5.56 Å². The van der Waals surface area contributed by atoms with Gasteiger partial charge in [-0.15, -0.1) is 0 Å². The summed E-state index contributed by atoms with van der Waals surface area (Å²) in [5, 5.41) is 0. The van der Waals surface area contributed by atoms with E-state index in [2.05, 4.69) is 9.71 Å². The lowest BCUT2D eigenvalue weighted by molar-refractivity contribution is 0.0473. The van der Waals surface area contributed by atoms with E-state index in [9.17, 15) is 18.0 Å². The van der Waals surface area contributed by atoms with Gasteiger partial charge in [-0.05, 0) is 55.5 Å². The summed E-state index contributed by atoms with van der Waals surface area (Å²) in [4.78, 5) is 26.6. The van der Waals surface area contributed by atoms with E-state index in [-0.39, 0.29) is 16.2 Å². The number of H-pyrrole nitrogens is 1. The Bertz CT molecular complexity index is 1070. The molecule has 2 N–H and O–H groups in total. The Kier molecular flexibility index (Phi) is 5.60. The van der Waals surface area contributed by atoms with E-state index < -0.39 is 22.6 Å². The van der Waals surface area contributed by atoms with Crippen LogP contribution in [0, 0.1) is 6.92 Å². The highest BCUT2D eigenvalue weighted by atomic mass is 32.2. The number of carbonyl (C=O) groups is 2. The summed E-state index contributed by atoms with van der Waals surface area (Å²) in [5.74, 6) is -1.07. The third-order valence-corrected chi connectivity index (χ3v) is 5.33. The van der Waals surface area contributed by atoms with E-state index in [0.29, 0.717) is 11.4 Å². The van der Waals surface area contributed by atoms with Crippen molar-refractivity contribution in [2.75, 3.05) is 11.3 Å². The second-order valence-corrected chi connectivity index (χ2v) is 7.76. The van der Waals surface area contributed by atoms with Crippen LogP contribution in [0.3, 0.4) is 0 Å². The molecule has 0 aliphatic carbocycles. The number of sulfonamides is 1. The van der Waals surface area contributed by atoms with Crippen molar-refractivity contribution in [1.82, 2.24) is 4.98 Å². The van der Waals surface area contributed by atoms with Crippen LogP contribution in [-0.2, 0) is 14.8 Å². The molecule has 1 aromatic heterocycles. The minimum absolute atomic E-state index is 0.00656. The zero-order chi connectivity index (χ0) is 20.1. The number of hydrogen-bond acceptors (Lipinski definition) is 5. The Balaban J connectivity index is 1.64. The van der Waals surface area contributed by atoms with Crippen LogP contribution in [0.15, 0.2) is 71.8 Å².